The Hall–Kier alpha value is -0.820. The Morgan fingerprint density at radius 2 is 2.21 bits per heavy atom. The van der Waals surface area contributed by atoms with E-state index in [9.17, 15) is 0 Å². The Bertz CT molecular complexity index is 337. The van der Waals surface area contributed by atoms with Crippen LogP contribution in [0.3, 0.4) is 0 Å². The molecule has 0 atom stereocenters. The highest BCUT2D eigenvalue weighted by Crippen LogP contribution is 2.17. The molecule has 0 N–H and O–H groups in total. The van der Waals surface area contributed by atoms with Crippen molar-refractivity contribution in [1.82, 2.24) is 0 Å². The van der Waals surface area contributed by atoms with Gasteiger partial charge in [-0.1, -0.05) is 58.9 Å². The number of hydrogen-bond acceptors (Lipinski definition) is 0. The van der Waals surface area contributed by atoms with Crippen molar-refractivity contribution in [2.24, 2.45) is 0 Å². The molecule has 0 fully saturated rings. The lowest BCUT2D eigenvalue weighted by atomic mass is 10.00. The molecule has 0 aliphatic carbocycles. The minimum absolute atomic E-state index is 1.01. The number of hydrogen-bond donors (Lipinski definition) is 0. The lowest BCUT2D eigenvalue weighted by molar-refractivity contribution is 1.15. The molecule has 0 aromatic heterocycles. The zero-order chi connectivity index (χ0) is 10.4. The predicted molar refractivity (Wildman–Crippen MR) is 67.9 cm³/mol. The van der Waals surface area contributed by atoms with Crippen molar-refractivity contribution in [1.29, 1.82) is 0 Å². The Morgan fingerprint density at radius 1 is 1.43 bits per heavy atom. The average molecular weight is 251 g/mol. The number of benzene rings is 1. The van der Waals surface area contributed by atoms with Crippen LogP contribution < -0.4 is 0 Å². The summed E-state index contributed by atoms with van der Waals surface area (Å²) in [7, 11) is 0. The molecule has 0 unspecified atom stereocenters. The molecule has 0 heterocycles. The molecule has 1 aromatic rings. The topological polar surface area (TPSA) is 0 Å². The first-order valence-electron chi connectivity index (χ1n) is 4.73. The van der Waals surface area contributed by atoms with Gasteiger partial charge in [0, 0.05) is 5.33 Å². The molecule has 74 valence electrons. The summed E-state index contributed by atoms with van der Waals surface area (Å²) in [6.45, 7) is 5.82. The standard InChI is InChI=1S/C13H15Br/c1-3-4-8-13-11(2)6-5-7-12(13)9-10-14/h3-8H,1,9-10H2,2H3/b8-4-. The number of allylic oxidation sites excluding steroid dienone is 2. The number of rotatable bonds is 4. The third kappa shape index (κ3) is 2.85. The fourth-order valence-corrected chi connectivity index (χ4v) is 1.89. The molecule has 0 bridgehead atoms. The van der Waals surface area contributed by atoms with E-state index in [2.05, 4.69) is 53.7 Å². The van der Waals surface area contributed by atoms with Gasteiger partial charge in [0.2, 0.25) is 0 Å². The van der Waals surface area contributed by atoms with Crippen molar-refractivity contribution in [3.63, 3.8) is 0 Å². The second kappa shape index (κ2) is 5.82. The Labute approximate surface area is 94.5 Å². The third-order valence-electron chi connectivity index (χ3n) is 2.18. The zero-order valence-corrected chi connectivity index (χ0v) is 10.0. The smallest absolute Gasteiger partial charge is 0.00720 e. The maximum absolute atomic E-state index is 3.69. The maximum Gasteiger partial charge on any atom is 0.00720 e. The van der Waals surface area contributed by atoms with E-state index in [1.165, 1.54) is 16.7 Å². The first kappa shape index (κ1) is 11.3. The summed E-state index contributed by atoms with van der Waals surface area (Å²) in [5, 5.41) is 1.01. The van der Waals surface area contributed by atoms with E-state index in [-0.39, 0.29) is 0 Å². The van der Waals surface area contributed by atoms with E-state index in [1.807, 2.05) is 12.2 Å². The molecule has 0 aliphatic heterocycles. The van der Waals surface area contributed by atoms with Crippen LogP contribution in [0.4, 0.5) is 0 Å². The van der Waals surface area contributed by atoms with Gasteiger partial charge in [-0.2, -0.15) is 0 Å². The van der Waals surface area contributed by atoms with Crippen molar-refractivity contribution in [2.75, 3.05) is 5.33 Å². The van der Waals surface area contributed by atoms with Gasteiger partial charge in [-0.05, 0) is 30.0 Å². The number of halogens is 1. The van der Waals surface area contributed by atoms with Gasteiger partial charge in [0.05, 0.1) is 0 Å². The fraction of sp³-hybridized carbons (Fsp3) is 0.231. The van der Waals surface area contributed by atoms with Crippen LogP contribution in [0.2, 0.25) is 0 Å². The second-order valence-electron chi connectivity index (χ2n) is 3.18. The molecule has 0 aliphatic rings. The van der Waals surface area contributed by atoms with Crippen molar-refractivity contribution in [2.45, 2.75) is 13.3 Å². The van der Waals surface area contributed by atoms with Gasteiger partial charge in [0.15, 0.2) is 0 Å². The van der Waals surface area contributed by atoms with Crippen molar-refractivity contribution in [3.05, 3.63) is 53.6 Å². The van der Waals surface area contributed by atoms with E-state index in [0.717, 1.165) is 11.8 Å². The summed E-state index contributed by atoms with van der Waals surface area (Å²) in [5.74, 6) is 0. The first-order chi connectivity index (χ1) is 6.79. The van der Waals surface area contributed by atoms with Crippen molar-refractivity contribution >= 4 is 22.0 Å². The summed E-state index contributed by atoms with van der Waals surface area (Å²) in [5.41, 5.74) is 4.04. The van der Waals surface area contributed by atoms with Gasteiger partial charge < -0.3 is 0 Å². The molecule has 1 heteroatoms. The average Bonchev–Trinajstić information content (AvgIpc) is 2.18. The van der Waals surface area contributed by atoms with Crippen LogP contribution in [0.5, 0.6) is 0 Å². The van der Waals surface area contributed by atoms with Gasteiger partial charge >= 0.3 is 0 Å². The molecule has 0 radical (unpaired) electrons. The maximum atomic E-state index is 3.69. The highest BCUT2D eigenvalue weighted by molar-refractivity contribution is 9.09. The van der Waals surface area contributed by atoms with Crippen molar-refractivity contribution < 1.29 is 0 Å². The quantitative estimate of drug-likeness (QED) is 0.557. The lowest BCUT2D eigenvalue weighted by Crippen LogP contribution is -1.92. The van der Waals surface area contributed by atoms with Crippen LogP contribution in [0.15, 0.2) is 36.9 Å². The molecular weight excluding hydrogens is 236 g/mol. The summed E-state index contributed by atoms with van der Waals surface area (Å²) >= 11 is 3.47. The van der Waals surface area contributed by atoms with E-state index in [0.29, 0.717) is 0 Å². The van der Waals surface area contributed by atoms with E-state index in [4.69, 9.17) is 0 Å². The van der Waals surface area contributed by atoms with Crippen LogP contribution in [0.1, 0.15) is 16.7 Å². The molecule has 0 saturated heterocycles. The van der Waals surface area contributed by atoms with Gasteiger partial charge in [-0.3, -0.25) is 0 Å². The minimum Gasteiger partial charge on any atom is -0.0991 e. The van der Waals surface area contributed by atoms with Gasteiger partial charge in [-0.25, -0.2) is 0 Å². The summed E-state index contributed by atoms with van der Waals surface area (Å²) in [6, 6.07) is 6.43. The van der Waals surface area contributed by atoms with Crippen LogP contribution in [-0.2, 0) is 6.42 Å². The fourth-order valence-electron chi connectivity index (χ4n) is 1.46. The normalized spacial score (nSPS) is 10.7. The summed E-state index contributed by atoms with van der Waals surface area (Å²) in [6.07, 6.45) is 6.99. The van der Waals surface area contributed by atoms with Crippen LogP contribution in [0, 0.1) is 6.92 Å². The van der Waals surface area contributed by atoms with E-state index in [1.54, 1.807) is 0 Å². The molecular formula is C13H15Br. The Kier molecular flexibility index (Phi) is 4.68. The number of aryl methyl sites for hydroxylation is 2. The molecule has 14 heavy (non-hydrogen) atoms. The van der Waals surface area contributed by atoms with Gasteiger partial charge in [-0.15, -0.1) is 0 Å². The van der Waals surface area contributed by atoms with Crippen LogP contribution in [-0.4, -0.2) is 5.33 Å². The molecule has 1 aromatic carbocycles. The first-order valence-corrected chi connectivity index (χ1v) is 5.85. The molecule has 0 amide bonds. The van der Waals surface area contributed by atoms with Gasteiger partial charge in [0.1, 0.15) is 0 Å². The molecule has 0 nitrogen and oxygen atoms in total. The monoisotopic (exact) mass is 250 g/mol. The third-order valence-corrected chi connectivity index (χ3v) is 2.57. The highest BCUT2D eigenvalue weighted by atomic mass is 79.9. The minimum atomic E-state index is 1.01. The van der Waals surface area contributed by atoms with E-state index >= 15 is 0 Å². The van der Waals surface area contributed by atoms with Crippen LogP contribution in [0.25, 0.3) is 6.08 Å². The SMILES string of the molecule is C=C/C=C\c1c(C)cccc1CCBr. The molecule has 0 spiro atoms. The molecule has 0 saturated carbocycles. The highest BCUT2D eigenvalue weighted by Gasteiger charge is 2.00. The summed E-state index contributed by atoms with van der Waals surface area (Å²) < 4.78 is 0. The van der Waals surface area contributed by atoms with Crippen LogP contribution >= 0.6 is 15.9 Å². The van der Waals surface area contributed by atoms with Crippen molar-refractivity contribution in [3.8, 4) is 0 Å². The molecule has 1 rings (SSSR count). The Balaban J connectivity index is 3.08. The zero-order valence-electron chi connectivity index (χ0n) is 8.46. The Morgan fingerprint density at radius 3 is 2.86 bits per heavy atom. The predicted octanol–water partition coefficient (Wildman–Crippen LogP) is 4.13. The number of alkyl halides is 1. The van der Waals surface area contributed by atoms with Gasteiger partial charge in [0.25, 0.3) is 0 Å². The lowest BCUT2D eigenvalue weighted by Gasteiger charge is -2.07. The summed E-state index contributed by atoms with van der Waals surface area (Å²) in [4.78, 5) is 0. The van der Waals surface area contributed by atoms with E-state index < -0.39 is 0 Å². The largest absolute Gasteiger partial charge is 0.0991 e. The second-order valence-corrected chi connectivity index (χ2v) is 3.97.